The number of fused-ring (bicyclic) bond motifs is 1. The third-order valence-corrected chi connectivity index (χ3v) is 5.03. The largest absolute Gasteiger partial charge is 0.458 e. The van der Waals surface area contributed by atoms with Gasteiger partial charge in [-0.2, -0.15) is 0 Å². The van der Waals surface area contributed by atoms with Crippen molar-refractivity contribution in [3.63, 3.8) is 0 Å². The quantitative estimate of drug-likeness (QED) is 0.617. The third kappa shape index (κ3) is 2.96. The van der Waals surface area contributed by atoms with E-state index in [9.17, 15) is 10.2 Å². The van der Waals surface area contributed by atoms with Crippen LogP contribution in [0.15, 0.2) is 47.3 Å². The topological polar surface area (TPSA) is 124 Å². The summed E-state index contributed by atoms with van der Waals surface area (Å²) in [7, 11) is 0. The van der Waals surface area contributed by atoms with E-state index in [4.69, 9.17) is 19.6 Å². The van der Waals surface area contributed by atoms with E-state index in [1.807, 2.05) is 30.3 Å². The van der Waals surface area contributed by atoms with E-state index in [1.54, 1.807) is 6.92 Å². The molecule has 1 aliphatic heterocycles. The molecule has 3 aromatic rings. The van der Waals surface area contributed by atoms with Crippen LogP contribution in [0.25, 0.3) is 11.1 Å². The van der Waals surface area contributed by atoms with Crippen LogP contribution in [0.4, 0.5) is 5.82 Å². The Morgan fingerprint density at radius 1 is 1.26 bits per heavy atom. The minimum Gasteiger partial charge on any atom is -0.458 e. The van der Waals surface area contributed by atoms with Gasteiger partial charge in [-0.05, 0) is 12.5 Å². The fourth-order valence-electron chi connectivity index (χ4n) is 3.48. The molecule has 4 N–H and O–H groups in total. The van der Waals surface area contributed by atoms with Crippen LogP contribution in [0, 0.1) is 0 Å². The minimum absolute atomic E-state index is 0.218. The first-order valence-corrected chi connectivity index (χ1v) is 8.64. The Bertz CT molecular complexity index is 931. The number of anilines is 1. The summed E-state index contributed by atoms with van der Waals surface area (Å²) in [4.78, 5) is 8.16. The van der Waals surface area contributed by atoms with Gasteiger partial charge in [0, 0.05) is 5.56 Å². The Morgan fingerprint density at radius 2 is 2.04 bits per heavy atom. The Hall–Kier alpha value is -2.52. The number of nitrogen functional groups attached to an aromatic ring is 1. The van der Waals surface area contributed by atoms with Crippen molar-refractivity contribution in [1.82, 2.24) is 9.97 Å². The highest BCUT2D eigenvalue weighted by Gasteiger charge is 2.55. The molecule has 0 amide bonds. The molecule has 1 aliphatic rings. The van der Waals surface area contributed by atoms with Crippen molar-refractivity contribution in [2.75, 3.05) is 12.3 Å². The molecule has 4 atom stereocenters. The smallest absolute Gasteiger partial charge is 0.194 e. The van der Waals surface area contributed by atoms with Crippen LogP contribution < -0.4 is 5.73 Å². The second kappa shape index (κ2) is 6.90. The van der Waals surface area contributed by atoms with Crippen molar-refractivity contribution in [2.24, 2.45) is 0 Å². The number of nitrogens with two attached hydrogens (primary N) is 1. The molecular formula is C19H21N3O5. The molecular weight excluding hydrogens is 350 g/mol. The number of ether oxygens (including phenoxy) is 2. The maximum atomic E-state index is 10.8. The Morgan fingerprint density at radius 3 is 2.78 bits per heavy atom. The summed E-state index contributed by atoms with van der Waals surface area (Å²) in [5.41, 5.74) is 7.11. The van der Waals surface area contributed by atoms with E-state index < -0.39 is 23.9 Å². The average molecular weight is 371 g/mol. The van der Waals surface area contributed by atoms with E-state index >= 15 is 0 Å². The number of hydrogen-bond acceptors (Lipinski definition) is 8. The molecule has 0 bridgehead atoms. The van der Waals surface area contributed by atoms with Crippen LogP contribution in [0.2, 0.25) is 0 Å². The van der Waals surface area contributed by atoms with Gasteiger partial charge < -0.3 is 29.8 Å². The minimum atomic E-state index is -1.13. The predicted molar refractivity (Wildman–Crippen MR) is 96.6 cm³/mol. The van der Waals surface area contributed by atoms with Crippen LogP contribution in [-0.4, -0.2) is 44.6 Å². The zero-order chi connectivity index (χ0) is 19.0. The molecule has 27 heavy (non-hydrogen) atoms. The Balaban J connectivity index is 1.71. The van der Waals surface area contributed by atoms with Gasteiger partial charge in [-0.15, -0.1) is 0 Å². The summed E-state index contributed by atoms with van der Waals surface area (Å²) in [6.07, 6.45) is 0.286. The number of rotatable bonds is 5. The van der Waals surface area contributed by atoms with E-state index in [-0.39, 0.29) is 19.0 Å². The van der Waals surface area contributed by atoms with E-state index in [0.717, 1.165) is 5.56 Å². The Kier molecular flexibility index (Phi) is 4.56. The zero-order valence-electron chi connectivity index (χ0n) is 14.8. The lowest BCUT2D eigenvalue weighted by Gasteiger charge is -2.32. The standard InChI is InChI=1S/C19H21N3O5/c1-19(26-8-11-5-3-2-4-6-11)16(24)13(7-23)27-17(19)12-9-25-15-14(12)21-10-22-18(15)20/h2-6,9-10,13,16-17,23-24H,7-8H2,1H3,(H2,20,21,22)/t13?,16-,17?,19-/m1/s1. The number of furan rings is 1. The number of benzene rings is 1. The molecule has 1 saturated heterocycles. The van der Waals surface area contributed by atoms with Gasteiger partial charge in [0.2, 0.25) is 0 Å². The summed E-state index contributed by atoms with van der Waals surface area (Å²) in [5, 5.41) is 20.4. The first-order valence-electron chi connectivity index (χ1n) is 8.64. The van der Waals surface area contributed by atoms with Crippen molar-refractivity contribution < 1.29 is 24.1 Å². The normalized spacial score (nSPS) is 28.0. The number of hydrogen-bond donors (Lipinski definition) is 3. The summed E-state index contributed by atoms with van der Waals surface area (Å²) in [6, 6.07) is 9.63. The van der Waals surface area contributed by atoms with Gasteiger partial charge in [-0.1, -0.05) is 30.3 Å². The van der Waals surface area contributed by atoms with Gasteiger partial charge in [0.1, 0.15) is 35.8 Å². The second-order valence-corrected chi connectivity index (χ2v) is 6.77. The van der Waals surface area contributed by atoms with E-state index in [2.05, 4.69) is 9.97 Å². The van der Waals surface area contributed by atoms with Crippen LogP contribution in [0.3, 0.4) is 0 Å². The van der Waals surface area contributed by atoms with Crippen LogP contribution in [0.1, 0.15) is 24.2 Å². The van der Waals surface area contributed by atoms with Crippen molar-refractivity contribution >= 4 is 16.9 Å². The second-order valence-electron chi connectivity index (χ2n) is 6.77. The lowest BCUT2D eigenvalue weighted by Crippen LogP contribution is -2.45. The lowest BCUT2D eigenvalue weighted by atomic mass is 9.89. The molecule has 0 saturated carbocycles. The lowest BCUT2D eigenvalue weighted by molar-refractivity contribution is -0.125. The molecule has 1 aromatic carbocycles. The first kappa shape index (κ1) is 17.9. The summed E-state index contributed by atoms with van der Waals surface area (Å²) >= 11 is 0. The highest BCUT2D eigenvalue weighted by molar-refractivity contribution is 5.85. The van der Waals surface area contributed by atoms with Crippen molar-refractivity contribution in [1.29, 1.82) is 0 Å². The molecule has 142 valence electrons. The van der Waals surface area contributed by atoms with Crippen molar-refractivity contribution in [3.8, 4) is 0 Å². The van der Waals surface area contributed by atoms with E-state index in [0.29, 0.717) is 16.7 Å². The maximum Gasteiger partial charge on any atom is 0.194 e. The molecule has 8 heteroatoms. The van der Waals surface area contributed by atoms with E-state index in [1.165, 1.54) is 12.6 Å². The molecule has 1 fully saturated rings. The zero-order valence-corrected chi connectivity index (χ0v) is 14.8. The molecule has 3 heterocycles. The Labute approximate surface area is 155 Å². The maximum absolute atomic E-state index is 10.8. The molecule has 2 unspecified atom stereocenters. The first-order chi connectivity index (χ1) is 13.0. The van der Waals surface area contributed by atoms with Gasteiger partial charge >= 0.3 is 0 Å². The van der Waals surface area contributed by atoms with Gasteiger partial charge in [0.15, 0.2) is 11.4 Å². The van der Waals surface area contributed by atoms with Crippen LogP contribution in [0.5, 0.6) is 0 Å². The van der Waals surface area contributed by atoms with Crippen molar-refractivity contribution in [3.05, 3.63) is 54.0 Å². The fourth-order valence-corrected chi connectivity index (χ4v) is 3.48. The summed E-state index contributed by atoms with van der Waals surface area (Å²) < 4.78 is 17.6. The van der Waals surface area contributed by atoms with Gasteiger partial charge in [-0.3, -0.25) is 0 Å². The number of aliphatic hydroxyl groups excluding tert-OH is 2. The molecule has 4 rings (SSSR count). The molecule has 0 radical (unpaired) electrons. The van der Waals surface area contributed by atoms with Crippen LogP contribution >= 0.6 is 0 Å². The van der Waals surface area contributed by atoms with Gasteiger partial charge in [0.25, 0.3) is 0 Å². The highest BCUT2D eigenvalue weighted by Crippen LogP contribution is 2.46. The van der Waals surface area contributed by atoms with Gasteiger partial charge in [-0.25, -0.2) is 9.97 Å². The molecule has 0 spiro atoms. The van der Waals surface area contributed by atoms with Crippen LogP contribution in [-0.2, 0) is 16.1 Å². The monoisotopic (exact) mass is 371 g/mol. The average Bonchev–Trinajstić information content (AvgIpc) is 3.22. The number of nitrogens with zero attached hydrogens (tertiary/aromatic N) is 2. The third-order valence-electron chi connectivity index (χ3n) is 5.03. The molecule has 8 nitrogen and oxygen atoms in total. The summed E-state index contributed by atoms with van der Waals surface area (Å²) in [5.74, 6) is 0.218. The highest BCUT2D eigenvalue weighted by atomic mass is 16.6. The van der Waals surface area contributed by atoms with Crippen molar-refractivity contribution in [2.45, 2.75) is 37.4 Å². The molecule has 0 aliphatic carbocycles. The molecule has 2 aromatic heterocycles. The summed E-state index contributed by atoms with van der Waals surface area (Å²) in [6.45, 7) is 1.69. The fraction of sp³-hybridized carbons (Fsp3) is 0.368. The van der Waals surface area contributed by atoms with Gasteiger partial charge in [0.05, 0.1) is 19.5 Å². The predicted octanol–water partition coefficient (Wildman–Crippen LogP) is 1.57. The number of aliphatic hydroxyl groups is 2. The number of aromatic nitrogens is 2. The SMILES string of the molecule is C[C@]1(OCc2ccccc2)C(c2coc3c(N)ncnc23)OC(CO)[C@H]1O.